The van der Waals surface area contributed by atoms with Crippen molar-refractivity contribution >= 4 is 11.4 Å². The molecule has 0 aliphatic carbocycles. The molecule has 0 radical (unpaired) electrons. The molecule has 0 aliphatic rings. The highest BCUT2D eigenvalue weighted by Gasteiger charge is 2.20. The van der Waals surface area contributed by atoms with Crippen LogP contribution >= 0.6 is 0 Å². The monoisotopic (exact) mass is 286 g/mol. The van der Waals surface area contributed by atoms with Crippen LogP contribution in [0.15, 0.2) is 36.4 Å². The lowest BCUT2D eigenvalue weighted by Crippen LogP contribution is -2.18. The van der Waals surface area contributed by atoms with Crippen LogP contribution in [-0.4, -0.2) is 10.2 Å². The molecule has 2 aromatic rings. The molecule has 0 heterocycles. The zero-order chi connectivity index (χ0) is 15.6. The van der Waals surface area contributed by atoms with Gasteiger partial charge in [0, 0.05) is 0 Å². The molecule has 0 atom stereocenters. The molecule has 0 amide bonds. The Bertz CT molecular complexity index is 596. The van der Waals surface area contributed by atoms with Crippen molar-refractivity contribution in [2.24, 2.45) is 5.41 Å². The minimum absolute atomic E-state index is 0.00797. The molecule has 6 N–H and O–H groups in total. The second-order valence-corrected chi connectivity index (χ2v) is 6.30. The lowest BCUT2D eigenvalue weighted by Gasteiger charge is -2.25. The number of anilines is 2. The Morgan fingerprint density at radius 2 is 1.38 bits per heavy atom. The third-order valence-electron chi connectivity index (χ3n) is 3.55. The van der Waals surface area contributed by atoms with E-state index in [1.54, 1.807) is 24.3 Å². The van der Waals surface area contributed by atoms with Gasteiger partial charge < -0.3 is 21.7 Å². The Morgan fingerprint density at radius 1 is 0.810 bits per heavy atom. The van der Waals surface area contributed by atoms with E-state index in [0.29, 0.717) is 11.4 Å². The summed E-state index contributed by atoms with van der Waals surface area (Å²) in [5.74, 6) is 0.234. The van der Waals surface area contributed by atoms with E-state index in [1.165, 1.54) is 0 Å². The van der Waals surface area contributed by atoms with Crippen LogP contribution in [0.2, 0.25) is 0 Å². The number of rotatable bonds is 4. The van der Waals surface area contributed by atoms with Crippen molar-refractivity contribution in [3.8, 4) is 11.5 Å². The topological polar surface area (TPSA) is 92.5 Å². The van der Waals surface area contributed by atoms with Crippen LogP contribution in [0.3, 0.4) is 0 Å². The SMILES string of the molecule is CC(C)(Cc1ccc(O)c(N)c1)Cc1ccc(N)c(O)c1. The first-order valence-corrected chi connectivity index (χ1v) is 6.91. The molecule has 0 bridgehead atoms. The lowest BCUT2D eigenvalue weighted by atomic mass is 9.80. The fourth-order valence-corrected chi connectivity index (χ4v) is 2.58. The first-order chi connectivity index (χ1) is 9.77. The number of aromatic hydroxyl groups is 2. The number of nitrogens with two attached hydrogens (primary N) is 2. The Morgan fingerprint density at radius 3 is 1.95 bits per heavy atom. The molecule has 2 aromatic carbocycles. The number of nitrogen functional groups attached to an aromatic ring is 2. The Labute approximate surface area is 125 Å². The maximum absolute atomic E-state index is 9.68. The number of phenolic OH excluding ortho intramolecular Hbond substituents is 2. The first kappa shape index (κ1) is 15.0. The molecular weight excluding hydrogens is 264 g/mol. The molecule has 21 heavy (non-hydrogen) atoms. The largest absolute Gasteiger partial charge is 0.506 e. The molecule has 4 heteroatoms. The van der Waals surface area contributed by atoms with E-state index in [9.17, 15) is 10.2 Å². The summed E-state index contributed by atoms with van der Waals surface area (Å²) in [4.78, 5) is 0. The average Bonchev–Trinajstić information content (AvgIpc) is 2.37. The highest BCUT2D eigenvalue weighted by atomic mass is 16.3. The molecular formula is C17H22N2O2. The number of phenols is 2. The molecule has 0 aromatic heterocycles. The van der Waals surface area contributed by atoms with E-state index in [-0.39, 0.29) is 16.9 Å². The maximum atomic E-state index is 9.68. The van der Waals surface area contributed by atoms with Crippen molar-refractivity contribution < 1.29 is 10.2 Å². The fraction of sp³-hybridized carbons (Fsp3) is 0.294. The van der Waals surface area contributed by atoms with Gasteiger partial charge in [0.25, 0.3) is 0 Å². The summed E-state index contributed by atoms with van der Waals surface area (Å²) in [5.41, 5.74) is 14.3. The molecule has 0 spiro atoms. The summed E-state index contributed by atoms with van der Waals surface area (Å²) in [7, 11) is 0. The van der Waals surface area contributed by atoms with Crippen molar-refractivity contribution in [1.29, 1.82) is 0 Å². The van der Waals surface area contributed by atoms with Crippen molar-refractivity contribution in [2.75, 3.05) is 11.5 Å². The molecule has 0 saturated heterocycles. The van der Waals surface area contributed by atoms with Crippen molar-refractivity contribution in [3.05, 3.63) is 47.5 Å². The van der Waals surface area contributed by atoms with E-state index in [4.69, 9.17) is 11.5 Å². The Hall–Kier alpha value is -2.36. The first-order valence-electron chi connectivity index (χ1n) is 6.91. The van der Waals surface area contributed by atoms with Crippen LogP contribution in [-0.2, 0) is 12.8 Å². The van der Waals surface area contributed by atoms with Gasteiger partial charge >= 0.3 is 0 Å². The Kier molecular flexibility index (Phi) is 3.98. The quantitative estimate of drug-likeness (QED) is 0.513. The third-order valence-corrected chi connectivity index (χ3v) is 3.55. The van der Waals surface area contributed by atoms with Gasteiger partial charge in [0.15, 0.2) is 0 Å². The zero-order valence-corrected chi connectivity index (χ0v) is 12.4. The summed E-state index contributed by atoms with van der Waals surface area (Å²) in [6.45, 7) is 4.31. The summed E-state index contributed by atoms with van der Waals surface area (Å²) in [5, 5.41) is 19.2. The molecule has 0 aliphatic heterocycles. The average molecular weight is 286 g/mol. The van der Waals surface area contributed by atoms with Crippen LogP contribution in [0, 0.1) is 5.41 Å². The van der Waals surface area contributed by atoms with Crippen LogP contribution in [0.4, 0.5) is 11.4 Å². The molecule has 0 fully saturated rings. The minimum Gasteiger partial charge on any atom is -0.506 e. The molecule has 112 valence electrons. The van der Waals surface area contributed by atoms with Crippen LogP contribution in [0.5, 0.6) is 11.5 Å². The molecule has 0 unspecified atom stereocenters. The van der Waals surface area contributed by atoms with Gasteiger partial charge in [-0.2, -0.15) is 0 Å². The third kappa shape index (κ3) is 3.81. The predicted octanol–water partition coefficient (Wildman–Crippen LogP) is 3.07. The molecule has 4 nitrogen and oxygen atoms in total. The number of hydrogen-bond acceptors (Lipinski definition) is 4. The van der Waals surface area contributed by atoms with Gasteiger partial charge in [0.1, 0.15) is 11.5 Å². The van der Waals surface area contributed by atoms with E-state index < -0.39 is 0 Å². The standard InChI is InChI=1S/C17H22N2O2/c1-17(2,9-11-4-6-15(20)14(19)7-11)10-12-3-5-13(18)16(21)8-12/h3-8,20-21H,9-10,18-19H2,1-2H3. The normalized spacial score (nSPS) is 11.5. The summed E-state index contributed by atoms with van der Waals surface area (Å²) in [6, 6.07) is 10.7. The van der Waals surface area contributed by atoms with Gasteiger partial charge in [-0.15, -0.1) is 0 Å². The van der Waals surface area contributed by atoms with E-state index in [0.717, 1.165) is 24.0 Å². The second kappa shape index (κ2) is 5.56. The van der Waals surface area contributed by atoms with E-state index >= 15 is 0 Å². The van der Waals surface area contributed by atoms with Crippen molar-refractivity contribution in [2.45, 2.75) is 26.7 Å². The minimum atomic E-state index is -0.00797. The predicted molar refractivity (Wildman–Crippen MR) is 86.2 cm³/mol. The lowest BCUT2D eigenvalue weighted by molar-refractivity contribution is 0.360. The molecule has 0 saturated carbocycles. The van der Waals surface area contributed by atoms with Crippen LogP contribution < -0.4 is 11.5 Å². The summed E-state index contributed by atoms with van der Waals surface area (Å²) < 4.78 is 0. The number of hydrogen-bond donors (Lipinski definition) is 4. The van der Waals surface area contributed by atoms with Crippen molar-refractivity contribution in [1.82, 2.24) is 0 Å². The fourth-order valence-electron chi connectivity index (χ4n) is 2.58. The second-order valence-electron chi connectivity index (χ2n) is 6.30. The highest BCUT2D eigenvalue weighted by Crippen LogP contribution is 2.31. The van der Waals surface area contributed by atoms with E-state index in [2.05, 4.69) is 13.8 Å². The maximum Gasteiger partial charge on any atom is 0.138 e. The smallest absolute Gasteiger partial charge is 0.138 e. The van der Waals surface area contributed by atoms with E-state index in [1.807, 2.05) is 12.1 Å². The van der Waals surface area contributed by atoms with Gasteiger partial charge in [0.05, 0.1) is 11.4 Å². The zero-order valence-electron chi connectivity index (χ0n) is 12.4. The van der Waals surface area contributed by atoms with Crippen LogP contribution in [0.1, 0.15) is 25.0 Å². The Balaban J connectivity index is 2.13. The highest BCUT2D eigenvalue weighted by molar-refractivity contribution is 5.54. The van der Waals surface area contributed by atoms with Gasteiger partial charge in [-0.25, -0.2) is 0 Å². The summed E-state index contributed by atoms with van der Waals surface area (Å²) >= 11 is 0. The van der Waals surface area contributed by atoms with Gasteiger partial charge in [0.2, 0.25) is 0 Å². The molecule has 2 rings (SSSR count). The van der Waals surface area contributed by atoms with Crippen molar-refractivity contribution in [3.63, 3.8) is 0 Å². The number of benzene rings is 2. The van der Waals surface area contributed by atoms with Gasteiger partial charge in [-0.1, -0.05) is 26.0 Å². The van der Waals surface area contributed by atoms with Gasteiger partial charge in [-0.3, -0.25) is 0 Å². The van der Waals surface area contributed by atoms with Crippen LogP contribution in [0.25, 0.3) is 0 Å². The summed E-state index contributed by atoms with van der Waals surface area (Å²) in [6.07, 6.45) is 1.63. The van der Waals surface area contributed by atoms with Gasteiger partial charge in [-0.05, 0) is 53.6 Å².